The molecule has 0 saturated carbocycles. The molecule has 2 rings (SSSR count). The van der Waals surface area contributed by atoms with Crippen LogP contribution in [0.5, 0.6) is 0 Å². The first-order valence-corrected chi connectivity index (χ1v) is 7.58. The van der Waals surface area contributed by atoms with E-state index >= 15 is 0 Å². The molecule has 2 atom stereocenters. The van der Waals surface area contributed by atoms with Crippen molar-refractivity contribution >= 4 is 38.9 Å². The largest absolute Gasteiger partial charge is 0.374 e. The molecule has 1 saturated heterocycles. The fourth-order valence-electron chi connectivity index (χ4n) is 1.88. The Morgan fingerprint density at radius 1 is 1.76 bits per heavy atom. The average Bonchev–Trinajstić information content (AvgIpc) is 2.58. The number of morpholine rings is 1. The molecule has 0 aromatic carbocycles. The Balaban J connectivity index is 1.94. The van der Waals surface area contributed by atoms with E-state index < -0.39 is 0 Å². The van der Waals surface area contributed by atoms with E-state index in [1.807, 2.05) is 6.92 Å². The zero-order valence-electron chi connectivity index (χ0n) is 9.66. The van der Waals surface area contributed by atoms with Crippen LogP contribution >= 0.6 is 38.9 Å². The molecule has 1 fully saturated rings. The van der Waals surface area contributed by atoms with Crippen molar-refractivity contribution in [2.75, 3.05) is 19.7 Å². The van der Waals surface area contributed by atoms with Crippen LogP contribution in [-0.2, 0) is 11.3 Å². The van der Waals surface area contributed by atoms with Crippen LogP contribution in [0.2, 0.25) is 4.34 Å². The SMILES string of the molecule is CC(N)C1CN(Cc2cc(Br)c(Cl)s2)CCO1. The van der Waals surface area contributed by atoms with E-state index in [4.69, 9.17) is 22.1 Å². The van der Waals surface area contributed by atoms with Gasteiger partial charge in [-0.05, 0) is 28.9 Å². The fraction of sp³-hybridized carbons (Fsp3) is 0.636. The molecule has 0 amide bonds. The van der Waals surface area contributed by atoms with Gasteiger partial charge in [-0.3, -0.25) is 4.90 Å². The van der Waals surface area contributed by atoms with Gasteiger partial charge in [-0.15, -0.1) is 11.3 Å². The Morgan fingerprint density at radius 2 is 2.53 bits per heavy atom. The number of ether oxygens (including phenoxy) is 1. The minimum atomic E-state index is 0.0801. The number of nitrogens with zero attached hydrogens (tertiary/aromatic N) is 1. The van der Waals surface area contributed by atoms with Gasteiger partial charge in [-0.2, -0.15) is 0 Å². The van der Waals surface area contributed by atoms with E-state index in [1.54, 1.807) is 11.3 Å². The molecule has 0 aliphatic carbocycles. The smallest absolute Gasteiger partial charge is 0.107 e. The number of thiophene rings is 1. The zero-order chi connectivity index (χ0) is 12.4. The molecule has 2 unspecified atom stereocenters. The first kappa shape index (κ1) is 13.8. The van der Waals surface area contributed by atoms with Gasteiger partial charge in [0, 0.05) is 35.0 Å². The van der Waals surface area contributed by atoms with Gasteiger partial charge in [-0.1, -0.05) is 11.6 Å². The summed E-state index contributed by atoms with van der Waals surface area (Å²) < 4.78 is 7.44. The number of nitrogens with two attached hydrogens (primary N) is 1. The van der Waals surface area contributed by atoms with Gasteiger partial charge in [0.15, 0.2) is 0 Å². The standard InChI is InChI=1S/C11H16BrClN2OS/c1-7(14)10-6-15(2-3-16-10)5-8-4-9(12)11(13)17-8/h4,7,10H,2-3,5-6,14H2,1H3. The van der Waals surface area contributed by atoms with Gasteiger partial charge < -0.3 is 10.5 Å². The van der Waals surface area contributed by atoms with Crippen molar-refractivity contribution < 1.29 is 4.74 Å². The van der Waals surface area contributed by atoms with Crippen LogP contribution in [-0.4, -0.2) is 36.7 Å². The van der Waals surface area contributed by atoms with Crippen LogP contribution in [0.25, 0.3) is 0 Å². The summed E-state index contributed by atoms with van der Waals surface area (Å²) >= 11 is 11.1. The van der Waals surface area contributed by atoms with Gasteiger partial charge in [0.25, 0.3) is 0 Å². The second-order valence-electron chi connectivity index (χ2n) is 4.34. The fourth-order valence-corrected chi connectivity index (χ4v) is 3.72. The average molecular weight is 340 g/mol. The van der Waals surface area contributed by atoms with Crippen molar-refractivity contribution in [3.63, 3.8) is 0 Å². The highest BCUT2D eigenvalue weighted by Gasteiger charge is 2.23. The lowest BCUT2D eigenvalue weighted by molar-refractivity contribution is -0.0400. The first-order valence-electron chi connectivity index (χ1n) is 5.59. The summed E-state index contributed by atoms with van der Waals surface area (Å²) in [7, 11) is 0. The summed E-state index contributed by atoms with van der Waals surface area (Å²) in [6, 6.07) is 2.17. The summed E-state index contributed by atoms with van der Waals surface area (Å²) in [4.78, 5) is 3.64. The highest BCUT2D eigenvalue weighted by molar-refractivity contribution is 9.10. The number of halogens is 2. The molecule has 0 bridgehead atoms. The van der Waals surface area contributed by atoms with Crippen molar-refractivity contribution in [2.24, 2.45) is 5.73 Å². The Hall–Kier alpha value is 0.350. The molecule has 17 heavy (non-hydrogen) atoms. The summed E-state index contributed by atoms with van der Waals surface area (Å²) in [5.41, 5.74) is 5.87. The van der Waals surface area contributed by atoms with E-state index in [9.17, 15) is 0 Å². The van der Waals surface area contributed by atoms with Crippen LogP contribution in [0.4, 0.5) is 0 Å². The molecule has 6 heteroatoms. The number of rotatable bonds is 3. The first-order chi connectivity index (χ1) is 8.06. The van der Waals surface area contributed by atoms with Crippen LogP contribution in [0.15, 0.2) is 10.5 Å². The van der Waals surface area contributed by atoms with Crippen LogP contribution < -0.4 is 5.73 Å². The highest BCUT2D eigenvalue weighted by Crippen LogP contribution is 2.32. The van der Waals surface area contributed by atoms with Gasteiger partial charge in [0.2, 0.25) is 0 Å². The third-order valence-electron chi connectivity index (χ3n) is 2.84. The molecule has 2 N–H and O–H groups in total. The summed E-state index contributed by atoms with van der Waals surface area (Å²) in [5, 5.41) is 0. The molecule has 3 nitrogen and oxygen atoms in total. The Bertz CT molecular complexity index is 366. The van der Waals surface area contributed by atoms with Crippen molar-refractivity contribution in [3.05, 3.63) is 19.8 Å². The van der Waals surface area contributed by atoms with Crippen LogP contribution in [0.3, 0.4) is 0 Å². The Kier molecular flexibility index (Phi) is 4.86. The van der Waals surface area contributed by atoms with E-state index in [-0.39, 0.29) is 12.1 Å². The van der Waals surface area contributed by atoms with Crippen LogP contribution in [0, 0.1) is 0 Å². The summed E-state index contributed by atoms with van der Waals surface area (Å²) in [5.74, 6) is 0. The molecule has 1 aliphatic rings. The van der Waals surface area contributed by atoms with Gasteiger partial charge in [0.05, 0.1) is 12.7 Å². The van der Waals surface area contributed by atoms with E-state index in [1.165, 1.54) is 4.88 Å². The van der Waals surface area contributed by atoms with Crippen LogP contribution in [0.1, 0.15) is 11.8 Å². The minimum Gasteiger partial charge on any atom is -0.374 e. The Labute approximate surface area is 119 Å². The molecule has 2 heterocycles. The zero-order valence-corrected chi connectivity index (χ0v) is 12.8. The Morgan fingerprint density at radius 3 is 3.12 bits per heavy atom. The van der Waals surface area contributed by atoms with E-state index in [0.717, 1.165) is 35.1 Å². The van der Waals surface area contributed by atoms with Crippen molar-refractivity contribution in [1.82, 2.24) is 4.90 Å². The third-order valence-corrected chi connectivity index (χ3v) is 5.30. The minimum absolute atomic E-state index is 0.0801. The predicted octanol–water partition coefficient (Wildman–Crippen LogP) is 2.71. The molecular formula is C11H16BrClN2OS. The second-order valence-corrected chi connectivity index (χ2v) is 6.93. The normalized spacial score (nSPS) is 23.9. The highest BCUT2D eigenvalue weighted by atomic mass is 79.9. The summed E-state index contributed by atoms with van der Waals surface area (Å²) in [6.45, 7) is 5.52. The molecule has 0 spiro atoms. The third kappa shape index (κ3) is 3.66. The molecular weight excluding hydrogens is 324 g/mol. The maximum absolute atomic E-state index is 6.03. The topological polar surface area (TPSA) is 38.5 Å². The lowest BCUT2D eigenvalue weighted by atomic mass is 10.1. The summed E-state index contributed by atoms with van der Waals surface area (Å²) in [6.07, 6.45) is 0.141. The monoisotopic (exact) mass is 338 g/mol. The van der Waals surface area contributed by atoms with Gasteiger partial charge in [0.1, 0.15) is 4.34 Å². The predicted molar refractivity (Wildman–Crippen MR) is 75.7 cm³/mol. The van der Waals surface area contributed by atoms with E-state index in [0.29, 0.717) is 0 Å². The van der Waals surface area contributed by atoms with Gasteiger partial charge >= 0.3 is 0 Å². The maximum Gasteiger partial charge on any atom is 0.107 e. The molecule has 1 aliphatic heterocycles. The van der Waals surface area contributed by atoms with Crippen molar-refractivity contribution in [1.29, 1.82) is 0 Å². The quantitative estimate of drug-likeness (QED) is 0.920. The number of hydrogen-bond donors (Lipinski definition) is 1. The lowest BCUT2D eigenvalue weighted by Crippen LogP contribution is -2.49. The number of hydrogen-bond acceptors (Lipinski definition) is 4. The molecule has 96 valence electrons. The maximum atomic E-state index is 6.03. The molecule has 1 aromatic rings. The lowest BCUT2D eigenvalue weighted by Gasteiger charge is -2.34. The second kappa shape index (κ2) is 5.99. The van der Waals surface area contributed by atoms with Gasteiger partial charge in [-0.25, -0.2) is 0 Å². The van der Waals surface area contributed by atoms with Crippen molar-refractivity contribution in [3.8, 4) is 0 Å². The van der Waals surface area contributed by atoms with E-state index in [2.05, 4.69) is 26.9 Å². The molecule has 1 aromatic heterocycles. The molecule has 0 radical (unpaired) electrons. The van der Waals surface area contributed by atoms with Crippen molar-refractivity contribution in [2.45, 2.75) is 25.6 Å².